The Kier molecular flexibility index (Phi) is 2.82. The van der Waals surface area contributed by atoms with Crippen LogP contribution in [0, 0.1) is 6.92 Å². The van der Waals surface area contributed by atoms with E-state index < -0.39 is 11.7 Å². The third-order valence-electron chi connectivity index (χ3n) is 1.62. The zero-order valence-corrected chi connectivity index (χ0v) is 8.26. The zero-order chi connectivity index (χ0) is 10.2. The molecule has 0 amide bonds. The average Bonchev–Trinajstić information content (AvgIpc) is 1.95. The minimum absolute atomic E-state index is 0.0151. The second-order valence-corrected chi connectivity index (χ2v) is 3.44. The van der Waals surface area contributed by atoms with E-state index in [1.54, 1.807) is 0 Å². The Labute approximate surface area is 84.1 Å². The summed E-state index contributed by atoms with van der Waals surface area (Å²) in [7, 11) is 0. The van der Waals surface area contributed by atoms with Crippen molar-refractivity contribution in [3.63, 3.8) is 0 Å². The predicted octanol–water partition coefficient (Wildman–Crippen LogP) is 3.96. The van der Waals surface area contributed by atoms with E-state index in [-0.39, 0.29) is 15.5 Å². The van der Waals surface area contributed by atoms with Gasteiger partial charge in [0.25, 0.3) is 0 Å². The fourth-order valence-electron chi connectivity index (χ4n) is 1.02. The molecular weight excluding hydrogens is 221 g/mol. The molecule has 0 aliphatic carbocycles. The van der Waals surface area contributed by atoms with E-state index in [2.05, 4.69) is 12.6 Å². The number of thiol groups is 1. The topological polar surface area (TPSA) is 0 Å². The van der Waals surface area contributed by atoms with Crippen molar-refractivity contribution in [2.75, 3.05) is 0 Å². The van der Waals surface area contributed by atoms with E-state index in [0.717, 1.165) is 0 Å². The SMILES string of the molecule is Cc1ccc(Cl)c(S)c1C(F)(F)F. The van der Waals surface area contributed by atoms with Crippen LogP contribution < -0.4 is 0 Å². The quantitative estimate of drug-likeness (QED) is 0.636. The summed E-state index contributed by atoms with van der Waals surface area (Å²) in [6.45, 7) is 1.37. The van der Waals surface area contributed by atoms with Crippen LogP contribution in [0.4, 0.5) is 13.2 Å². The summed E-state index contributed by atoms with van der Waals surface area (Å²) in [5, 5.41) is 0.0151. The van der Waals surface area contributed by atoms with Crippen LogP contribution >= 0.6 is 24.2 Å². The highest BCUT2D eigenvalue weighted by atomic mass is 35.5. The number of halogens is 4. The highest BCUT2D eigenvalue weighted by Crippen LogP contribution is 2.39. The molecule has 1 rings (SSSR count). The van der Waals surface area contributed by atoms with Gasteiger partial charge < -0.3 is 0 Å². The first kappa shape index (κ1) is 10.7. The zero-order valence-electron chi connectivity index (χ0n) is 6.61. The monoisotopic (exact) mass is 226 g/mol. The van der Waals surface area contributed by atoms with Gasteiger partial charge in [0, 0.05) is 4.90 Å². The molecule has 0 fully saturated rings. The van der Waals surface area contributed by atoms with Crippen molar-refractivity contribution in [2.45, 2.75) is 18.0 Å². The molecule has 0 aliphatic rings. The standard InChI is InChI=1S/C8H6ClF3S/c1-4-2-3-5(9)7(13)6(4)8(10,11)12/h2-3,13H,1H3. The molecule has 0 spiro atoms. The average molecular weight is 227 g/mol. The molecule has 1 aromatic rings. The molecule has 0 nitrogen and oxygen atoms in total. The summed E-state index contributed by atoms with van der Waals surface area (Å²) in [5.74, 6) is 0. The maximum Gasteiger partial charge on any atom is 0.417 e. The van der Waals surface area contributed by atoms with Gasteiger partial charge in [-0.2, -0.15) is 13.2 Å². The lowest BCUT2D eigenvalue weighted by molar-refractivity contribution is -0.140. The maximum absolute atomic E-state index is 12.4. The van der Waals surface area contributed by atoms with Crippen LogP contribution in [0.2, 0.25) is 5.02 Å². The number of benzene rings is 1. The van der Waals surface area contributed by atoms with Crippen LogP contribution in [0.25, 0.3) is 0 Å². The van der Waals surface area contributed by atoms with Crippen molar-refractivity contribution in [2.24, 2.45) is 0 Å². The molecule has 0 aromatic heterocycles. The van der Waals surface area contributed by atoms with E-state index in [9.17, 15) is 13.2 Å². The molecule has 0 aliphatic heterocycles. The van der Waals surface area contributed by atoms with Crippen LogP contribution in [-0.4, -0.2) is 0 Å². The van der Waals surface area contributed by atoms with E-state index in [0.29, 0.717) is 0 Å². The number of hydrogen-bond donors (Lipinski definition) is 1. The summed E-state index contributed by atoms with van der Waals surface area (Å²) in [4.78, 5) is -0.214. The normalized spacial score (nSPS) is 11.8. The van der Waals surface area contributed by atoms with Crippen molar-refractivity contribution < 1.29 is 13.2 Å². The van der Waals surface area contributed by atoms with Crippen molar-refractivity contribution in [1.82, 2.24) is 0 Å². The minimum Gasteiger partial charge on any atom is -0.166 e. The van der Waals surface area contributed by atoms with Gasteiger partial charge in [0.15, 0.2) is 0 Å². The highest BCUT2D eigenvalue weighted by molar-refractivity contribution is 7.80. The summed E-state index contributed by atoms with van der Waals surface area (Å²) < 4.78 is 37.1. The maximum atomic E-state index is 12.4. The summed E-state index contributed by atoms with van der Waals surface area (Å²) in [6, 6.07) is 2.72. The van der Waals surface area contributed by atoms with Gasteiger partial charge in [-0.25, -0.2) is 0 Å². The van der Waals surface area contributed by atoms with E-state index in [4.69, 9.17) is 11.6 Å². The van der Waals surface area contributed by atoms with Crippen LogP contribution in [-0.2, 0) is 6.18 Å². The molecule has 5 heteroatoms. The van der Waals surface area contributed by atoms with Crippen molar-refractivity contribution in [3.05, 3.63) is 28.3 Å². The van der Waals surface area contributed by atoms with Gasteiger partial charge in [0.1, 0.15) is 0 Å². The second-order valence-electron chi connectivity index (χ2n) is 2.59. The number of hydrogen-bond acceptors (Lipinski definition) is 1. The molecule has 0 unspecified atom stereocenters. The van der Waals surface area contributed by atoms with E-state index in [1.807, 2.05) is 0 Å². The molecule has 1 aromatic carbocycles. The largest absolute Gasteiger partial charge is 0.417 e. The predicted molar refractivity (Wildman–Crippen MR) is 48.4 cm³/mol. The highest BCUT2D eigenvalue weighted by Gasteiger charge is 2.35. The van der Waals surface area contributed by atoms with Gasteiger partial charge >= 0.3 is 6.18 Å². The smallest absolute Gasteiger partial charge is 0.166 e. The fourth-order valence-corrected chi connectivity index (χ4v) is 1.56. The summed E-state index contributed by atoms with van der Waals surface area (Å²) in [5.41, 5.74) is -0.634. The Balaban J connectivity index is 3.43. The molecule has 0 N–H and O–H groups in total. The number of alkyl halides is 3. The Morgan fingerprint density at radius 2 is 1.85 bits per heavy atom. The minimum atomic E-state index is -4.40. The van der Waals surface area contributed by atoms with Gasteiger partial charge in [-0.15, -0.1) is 12.6 Å². The van der Waals surface area contributed by atoms with Crippen LogP contribution in [0.1, 0.15) is 11.1 Å². The number of aryl methyl sites for hydroxylation is 1. The third-order valence-corrected chi connectivity index (χ3v) is 2.53. The Morgan fingerprint density at radius 3 is 2.23 bits per heavy atom. The lowest BCUT2D eigenvalue weighted by atomic mass is 10.1. The summed E-state index contributed by atoms with van der Waals surface area (Å²) in [6.07, 6.45) is -4.40. The molecule has 0 saturated carbocycles. The van der Waals surface area contributed by atoms with Crippen LogP contribution in [0.15, 0.2) is 17.0 Å². The van der Waals surface area contributed by atoms with Crippen molar-refractivity contribution >= 4 is 24.2 Å². The molecule has 0 atom stereocenters. The van der Waals surface area contributed by atoms with Gasteiger partial charge in [0.05, 0.1) is 10.6 Å². The molecule has 72 valence electrons. The van der Waals surface area contributed by atoms with Crippen LogP contribution in [0.3, 0.4) is 0 Å². The summed E-state index contributed by atoms with van der Waals surface area (Å²) >= 11 is 9.24. The van der Waals surface area contributed by atoms with Crippen LogP contribution in [0.5, 0.6) is 0 Å². The molecule has 0 saturated heterocycles. The Bertz CT molecular complexity index is 333. The first-order chi connectivity index (χ1) is 5.84. The molecule has 13 heavy (non-hydrogen) atoms. The molecular formula is C8H6ClF3S. The Morgan fingerprint density at radius 1 is 1.31 bits per heavy atom. The van der Waals surface area contributed by atoms with E-state index >= 15 is 0 Å². The third kappa shape index (κ3) is 2.11. The lowest BCUT2D eigenvalue weighted by Crippen LogP contribution is -2.08. The molecule has 0 radical (unpaired) electrons. The molecule has 0 bridgehead atoms. The lowest BCUT2D eigenvalue weighted by Gasteiger charge is -2.13. The van der Waals surface area contributed by atoms with Gasteiger partial charge in [-0.05, 0) is 18.6 Å². The van der Waals surface area contributed by atoms with Gasteiger partial charge in [-0.1, -0.05) is 17.7 Å². The fraction of sp³-hybridized carbons (Fsp3) is 0.250. The van der Waals surface area contributed by atoms with Gasteiger partial charge in [0.2, 0.25) is 0 Å². The van der Waals surface area contributed by atoms with Crippen molar-refractivity contribution in [1.29, 1.82) is 0 Å². The first-order valence-corrected chi connectivity index (χ1v) is 4.22. The van der Waals surface area contributed by atoms with Gasteiger partial charge in [-0.3, -0.25) is 0 Å². The Hall–Kier alpha value is -0.350. The van der Waals surface area contributed by atoms with E-state index in [1.165, 1.54) is 19.1 Å². The van der Waals surface area contributed by atoms with Crippen molar-refractivity contribution in [3.8, 4) is 0 Å². The first-order valence-electron chi connectivity index (χ1n) is 3.39. The second kappa shape index (κ2) is 3.42. The number of rotatable bonds is 0. The molecule has 0 heterocycles.